The van der Waals surface area contributed by atoms with Crippen molar-refractivity contribution in [2.75, 3.05) is 13.2 Å². The van der Waals surface area contributed by atoms with Gasteiger partial charge in [-0.2, -0.15) is 5.10 Å². The fourth-order valence-corrected chi connectivity index (χ4v) is 2.87. The highest BCUT2D eigenvalue weighted by atomic mass is 35.5. The van der Waals surface area contributed by atoms with Gasteiger partial charge in [0.25, 0.3) is 0 Å². The summed E-state index contributed by atoms with van der Waals surface area (Å²) in [6, 6.07) is 6.17. The maximum atomic E-state index is 12.0. The molecule has 0 bridgehead atoms. The van der Waals surface area contributed by atoms with E-state index < -0.39 is 0 Å². The third-order valence-electron chi connectivity index (χ3n) is 4.04. The Kier molecular flexibility index (Phi) is 9.85. The first-order chi connectivity index (χ1) is 12.0. The molecule has 0 spiro atoms. The zero-order chi connectivity index (χ0) is 18.7. The van der Waals surface area contributed by atoms with E-state index in [2.05, 4.69) is 22.2 Å². The highest BCUT2D eigenvalue weighted by molar-refractivity contribution is 6.30. The molecule has 1 rings (SSSR count). The van der Waals surface area contributed by atoms with Crippen molar-refractivity contribution in [2.45, 2.75) is 51.8 Å². The normalized spacial score (nSPS) is 13.2. The van der Waals surface area contributed by atoms with Crippen LogP contribution in [0.3, 0.4) is 0 Å². The van der Waals surface area contributed by atoms with Gasteiger partial charge < -0.3 is 10.6 Å². The third-order valence-corrected chi connectivity index (χ3v) is 4.33. The molecule has 0 fully saturated rings. The van der Waals surface area contributed by atoms with Gasteiger partial charge in [0.2, 0.25) is 0 Å². The molecule has 6 heteroatoms. The Morgan fingerprint density at radius 2 is 2.16 bits per heavy atom. The average molecular weight is 366 g/mol. The van der Waals surface area contributed by atoms with Crippen LogP contribution in [-0.2, 0) is 15.4 Å². The molecule has 0 saturated heterocycles. The smallest absolute Gasteiger partial charge is 0.306 e. The van der Waals surface area contributed by atoms with Crippen molar-refractivity contribution >= 4 is 29.5 Å². The minimum Gasteiger partial charge on any atom is -0.466 e. The number of hydrazone groups is 1. The van der Waals surface area contributed by atoms with Crippen molar-refractivity contribution in [1.29, 1.82) is 0 Å². The number of nitrogens with two attached hydrogens (primary N) is 1. The Morgan fingerprint density at radius 1 is 1.40 bits per heavy atom. The third kappa shape index (κ3) is 7.26. The molecule has 0 aliphatic rings. The lowest BCUT2D eigenvalue weighted by Crippen LogP contribution is -2.13. The van der Waals surface area contributed by atoms with E-state index in [0.29, 0.717) is 31.9 Å². The molecule has 2 N–H and O–H groups in total. The highest BCUT2D eigenvalue weighted by Gasteiger charge is 2.18. The molecular weight excluding hydrogens is 338 g/mol. The topological polar surface area (TPSA) is 77.0 Å². The first kappa shape index (κ1) is 21.2. The second-order valence-electron chi connectivity index (χ2n) is 5.81. The predicted octanol–water partition coefficient (Wildman–Crippen LogP) is 3.96. The number of aryl methyl sites for hydroxylation is 1. The van der Waals surface area contributed by atoms with Crippen molar-refractivity contribution in [1.82, 2.24) is 0 Å². The number of nitrogens with zero attached hydrogens (tertiary/aromatic N) is 2. The first-order valence-electron chi connectivity index (χ1n) is 8.63. The first-order valence-corrected chi connectivity index (χ1v) is 9.16. The van der Waals surface area contributed by atoms with Gasteiger partial charge in [0.15, 0.2) is 0 Å². The maximum Gasteiger partial charge on any atom is 0.306 e. The second kappa shape index (κ2) is 11.6. The molecule has 0 amide bonds. The summed E-state index contributed by atoms with van der Waals surface area (Å²) in [5, 5.41) is 3.78. The van der Waals surface area contributed by atoms with Gasteiger partial charge in [-0.1, -0.05) is 18.2 Å². The molecule has 0 heterocycles. The van der Waals surface area contributed by atoms with E-state index in [1.807, 2.05) is 26.8 Å². The molecule has 0 aromatic heterocycles. The zero-order valence-electron chi connectivity index (χ0n) is 15.3. The fraction of sp³-hybridized carbons (Fsp3) is 0.526. The van der Waals surface area contributed by atoms with Crippen LogP contribution in [0.2, 0.25) is 0 Å². The molecule has 5 nitrogen and oxygen atoms in total. The van der Waals surface area contributed by atoms with Gasteiger partial charge in [0.05, 0.1) is 18.7 Å². The van der Waals surface area contributed by atoms with Gasteiger partial charge >= 0.3 is 5.97 Å². The number of ether oxygens (including phenoxy) is 1. The van der Waals surface area contributed by atoms with Gasteiger partial charge in [-0.05, 0) is 56.2 Å². The lowest BCUT2D eigenvalue weighted by molar-refractivity contribution is -0.143. The van der Waals surface area contributed by atoms with Gasteiger partial charge in [-0.3, -0.25) is 9.79 Å². The van der Waals surface area contributed by atoms with E-state index in [-0.39, 0.29) is 11.9 Å². The Balaban J connectivity index is 2.96. The van der Waals surface area contributed by atoms with E-state index in [4.69, 9.17) is 22.2 Å². The molecule has 1 unspecified atom stereocenters. The largest absolute Gasteiger partial charge is 0.466 e. The lowest BCUT2D eigenvalue weighted by Gasteiger charge is -2.18. The number of esters is 1. The Labute approximate surface area is 155 Å². The molecule has 138 valence electrons. The molecule has 0 radical (unpaired) electrons. The zero-order valence-corrected chi connectivity index (χ0v) is 16.1. The maximum absolute atomic E-state index is 12.0. The summed E-state index contributed by atoms with van der Waals surface area (Å²) in [5.74, 6) is 5.71. The number of hydrogen-bond acceptors (Lipinski definition) is 5. The molecule has 1 aromatic carbocycles. The Hall–Kier alpha value is -1.88. The number of carbonyl (C=O) groups excluding carboxylic acids is 1. The second-order valence-corrected chi connectivity index (χ2v) is 6.08. The van der Waals surface area contributed by atoms with E-state index in [1.54, 1.807) is 6.21 Å². The van der Waals surface area contributed by atoms with Crippen LogP contribution in [0.5, 0.6) is 0 Å². The summed E-state index contributed by atoms with van der Waals surface area (Å²) in [5.41, 5.74) is 4.03. The lowest BCUT2D eigenvalue weighted by atomic mass is 9.88. The van der Waals surface area contributed by atoms with Crippen LogP contribution >= 0.6 is 11.6 Å². The Morgan fingerprint density at radius 3 is 2.76 bits per heavy atom. The summed E-state index contributed by atoms with van der Waals surface area (Å²) >= 11 is 6.03. The van der Waals surface area contributed by atoms with Crippen LogP contribution in [0.1, 0.15) is 55.7 Å². The molecule has 0 aliphatic carbocycles. The van der Waals surface area contributed by atoms with Crippen molar-refractivity contribution < 1.29 is 9.53 Å². The summed E-state index contributed by atoms with van der Waals surface area (Å²) in [6.07, 6.45) is 3.39. The SMILES string of the molecule is CCN=CC(CCC(CC(=O)OCC)c1ccc(C)c(CCl)c1)=NN. The van der Waals surface area contributed by atoms with Gasteiger partial charge in [-0.15, -0.1) is 11.6 Å². The molecule has 0 aliphatic heterocycles. The number of halogens is 1. The van der Waals surface area contributed by atoms with E-state index in [0.717, 1.165) is 28.8 Å². The van der Waals surface area contributed by atoms with Crippen molar-refractivity contribution in [2.24, 2.45) is 15.9 Å². The minimum absolute atomic E-state index is 0.0217. The number of hydrogen-bond donors (Lipinski definition) is 1. The summed E-state index contributed by atoms with van der Waals surface area (Å²) in [4.78, 5) is 16.2. The average Bonchev–Trinajstić information content (AvgIpc) is 2.61. The number of alkyl halides is 1. The minimum atomic E-state index is -0.200. The summed E-state index contributed by atoms with van der Waals surface area (Å²) in [7, 11) is 0. The summed E-state index contributed by atoms with van der Waals surface area (Å²) < 4.78 is 5.13. The van der Waals surface area contributed by atoms with Crippen LogP contribution in [0.15, 0.2) is 28.3 Å². The quantitative estimate of drug-likeness (QED) is 0.224. The highest BCUT2D eigenvalue weighted by Crippen LogP contribution is 2.28. The van der Waals surface area contributed by atoms with Crippen LogP contribution in [0.4, 0.5) is 0 Å². The van der Waals surface area contributed by atoms with Crippen molar-refractivity contribution in [3.05, 3.63) is 34.9 Å². The standard InChI is InChI=1S/C19H28ClN3O2/c1-4-22-13-18(23-21)9-8-16(11-19(24)25-5-2)15-7-6-14(3)17(10-15)12-20/h6-7,10,13,16H,4-5,8-9,11-12,21H2,1-3H3. The van der Waals surface area contributed by atoms with Crippen LogP contribution < -0.4 is 5.84 Å². The predicted molar refractivity (Wildman–Crippen MR) is 105 cm³/mol. The van der Waals surface area contributed by atoms with E-state index in [1.165, 1.54) is 0 Å². The van der Waals surface area contributed by atoms with Crippen LogP contribution in [0.25, 0.3) is 0 Å². The monoisotopic (exact) mass is 365 g/mol. The van der Waals surface area contributed by atoms with Gasteiger partial charge in [0.1, 0.15) is 0 Å². The van der Waals surface area contributed by atoms with E-state index in [9.17, 15) is 4.79 Å². The molecule has 25 heavy (non-hydrogen) atoms. The Bertz CT molecular complexity index is 615. The number of rotatable bonds is 10. The number of carbonyl (C=O) groups is 1. The fourth-order valence-electron chi connectivity index (χ4n) is 2.58. The van der Waals surface area contributed by atoms with Crippen molar-refractivity contribution in [3.63, 3.8) is 0 Å². The molecular formula is C19H28ClN3O2. The van der Waals surface area contributed by atoms with Crippen LogP contribution in [0, 0.1) is 6.92 Å². The number of aliphatic imine (C=N–C) groups is 1. The van der Waals surface area contributed by atoms with E-state index >= 15 is 0 Å². The summed E-state index contributed by atoms with van der Waals surface area (Å²) in [6.45, 7) is 6.86. The number of benzene rings is 1. The molecule has 1 aromatic rings. The van der Waals surface area contributed by atoms with Crippen molar-refractivity contribution in [3.8, 4) is 0 Å². The van der Waals surface area contributed by atoms with Gasteiger partial charge in [0, 0.05) is 18.6 Å². The van der Waals surface area contributed by atoms with Gasteiger partial charge in [-0.25, -0.2) is 0 Å². The molecule has 1 atom stereocenters. The molecule has 0 saturated carbocycles. The van der Waals surface area contributed by atoms with Crippen LogP contribution in [-0.4, -0.2) is 31.0 Å².